The van der Waals surface area contributed by atoms with Gasteiger partial charge in [-0.3, -0.25) is 4.79 Å². The van der Waals surface area contributed by atoms with Gasteiger partial charge in [0.15, 0.2) is 0 Å². The number of benzene rings is 2. The van der Waals surface area contributed by atoms with Crippen molar-refractivity contribution >= 4 is 11.6 Å². The third-order valence-corrected chi connectivity index (χ3v) is 3.72. The summed E-state index contributed by atoms with van der Waals surface area (Å²) < 4.78 is 0. The van der Waals surface area contributed by atoms with Gasteiger partial charge >= 0.3 is 0 Å². The zero-order valence-electron chi connectivity index (χ0n) is 11.0. The molecule has 1 aliphatic rings. The van der Waals surface area contributed by atoms with Gasteiger partial charge in [0.1, 0.15) is 0 Å². The van der Waals surface area contributed by atoms with E-state index in [1.54, 1.807) is 0 Å². The van der Waals surface area contributed by atoms with Crippen molar-refractivity contribution in [1.82, 2.24) is 0 Å². The first kappa shape index (κ1) is 12.0. The third-order valence-electron chi connectivity index (χ3n) is 3.72. The number of carbonyl (C=O) groups is 1. The molecule has 0 spiro atoms. The Labute approximate surface area is 113 Å². The summed E-state index contributed by atoms with van der Waals surface area (Å²) in [6.07, 6.45) is 1.44. The minimum Gasteiger partial charge on any atom is -0.326 e. The first-order valence-corrected chi connectivity index (χ1v) is 6.69. The number of nitrogens with one attached hydrogen (secondary N) is 1. The number of anilines is 1. The Bertz CT molecular complexity index is 604. The summed E-state index contributed by atoms with van der Waals surface area (Å²) in [6.45, 7) is 2.05. The fourth-order valence-corrected chi connectivity index (χ4v) is 2.76. The molecule has 2 nitrogen and oxygen atoms in total. The number of aryl methyl sites for hydroxylation is 1. The number of hydrogen-bond donors (Lipinski definition) is 1. The normalized spacial score (nSPS) is 18.4. The molecule has 2 aromatic carbocycles. The lowest BCUT2D eigenvalue weighted by Gasteiger charge is -2.17. The Balaban J connectivity index is 2.10. The van der Waals surface area contributed by atoms with E-state index in [1.165, 1.54) is 16.7 Å². The summed E-state index contributed by atoms with van der Waals surface area (Å²) >= 11 is 0. The highest BCUT2D eigenvalue weighted by Crippen LogP contribution is 2.36. The summed E-state index contributed by atoms with van der Waals surface area (Å²) in [5.74, 6) is 0.418. The van der Waals surface area contributed by atoms with E-state index < -0.39 is 0 Å². The number of amides is 1. The third kappa shape index (κ3) is 2.39. The highest BCUT2D eigenvalue weighted by atomic mass is 16.1. The lowest BCUT2D eigenvalue weighted by Crippen LogP contribution is -2.09. The quantitative estimate of drug-likeness (QED) is 0.819. The lowest BCUT2D eigenvalue weighted by molar-refractivity contribution is -0.116. The molecule has 1 unspecified atom stereocenters. The van der Waals surface area contributed by atoms with Crippen molar-refractivity contribution in [2.75, 3.05) is 5.32 Å². The Morgan fingerprint density at radius 2 is 1.89 bits per heavy atom. The first-order valence-electron chi connectivity index (χ1n) is 6.69. The van der Waals surface area contributed by atoms with Crippen LogP contribution in [0, 0.1) is 6.92 Å². The zero-order chi connectivity index (χ0) is 13.2. The Kier molecular flexibility index (Phi) is 3.08. The van der Waals surface area contributed by atoms with Crippen molar-refractivity contribution in [1.29, 1.82) is 0 Å². The Morgan fingerprint density at radius 1 is 1.11 bits per heavy atom. The average Bonchev–Trinajstić information content (AvgIpc) is 2.57. The van der Waals surface area contributed by atoms with Crippen LogP contribution in [0.5, 0.6) is 0 Å². The van der Waals surface area contributed by atoms with Crippen molar-refractivity contribution in [2.45, 2.75) is 25.7 Å². The second kappa shape index (κ2) is 4.88. The maximum Gasteiger partial charge on any atom is 0.224 e. The van der Waals surface area contributed by atoms with Gasteiger partial charge in [-0.25, -0.2) is 0 Å². The predicted molar refractivity (Wildman–Crippen MR) is 77.3 cm³/mol. The van der Waals surface area contributed by atoms with Crippen molar-refractivity contribution in [3.8, 4) is 0 Å². The molecule has 0 aliphatic carbocycles. The van der Waals surface area contributed by atoms with Crippen LogP contribution in [0.2, 0.25) is 0 Å². The second-order valence-electron chi connectivity index (χ2n) is 5.14. The molecule has 0 radical (unpaired) electrons. The molecule has 0 bridgehead atoms. The van der Waals surface area contributed by atoms with Gasteiger partial charge in [-0.2, -0.15) is 0 Å². The van der Waals surface area contributed by atoms with E-state index in [2.05, 4.69) is 54.7 Å². The van der Waals surface area contributed by atoms with Crippen molar-refractivity contribution in [3.05, 3.63) is 65.2 Å². The largest absolute Gasteiger partial charge is 0.326 e. The number of fused-ring (bicyclic) bond motifs is 1. The van der Waals surface area contributed by atoms with Crippen LogP contribution in [-0.2, 0) is 4.79 Å². The molecule has 19 heavy (non-hydrogen) atoms. The van der Waals surface area contributed by atoms with E-state index in [-0.39, 0.29) is 5.91 Å². The minimum atomic E-state index is 0.116. The molecule has 1 N–H and O–H groups in total. The summed E-state index contributed by atoms with van der Waals surface area (Å²) in [5.41, 5.74) is 4.65. The van der Waals surface area contributed by atoms with Crippen LogP contribution in [0.25, 0.3) is 0 Å². The summed E-state index contributed by atoms with van der Waals surface area (Å²) in [4.78, 5) is 11.8. The van der Waals surface area contributed by atoms with Gasteiger partial charge in [-0.05, 0) is 36.1 Å². The predicted octanol–water partition coefficient (Wildman–Crippen LogP) is 3.86. The average molecular weight is 251 g/mol. The molecule has 2 heteroatoms. The van der Waals surface area contributed by atoms with Crippen molar-refractivity contribution < 1.29 is 4.79 Å². The van der Waals surface area contributed by atoms with E-state index in [0.29, 0.717) is 12.3 Å². The molecule has 0 aromatic heterocycles. The lowest BCUT2D eigenvalue weighted by atomic mass is 9.87. The summed E-state index contributed by atoms with van der Waals surface area (Å²) in [5, 5.41) is 3.02. The van der Waals surface area contributed by atoms with Crippen molar-refractivity contribution in [3.63, 3.8) is 0 Å². The number of carbonyl (C=O) groups excluding carboxylic acids is 1. The Morgan fingerprint density at radius 3 is 2.68 bits per heavy atom. The maximum atomic E-state index is 11.8. The van der Waals surface area contributed by atoms with E-state index in [0.717, 1.165) is 12.1 Å². The molecule has 0 saturated heterocycles. The van der Waals surface area contributed by atoms with E-state index in [9.17, 15) is 4.79 Å². The highest BCUT2D eigenvalue weighted by molar-refractivity contribution is 5.92. The molecule has 2 aromatic rings. The van der Waals surface area contributed by atoms with Crippen molar-refractivity contribution in [2.24, 2.45) is 0 Å². The second-order valence-corrected chi connectivity index (χ2v) is 5.14. The fourth-order valence-electron chi connectivity index (χ4n) is 2.76. The maximum absolute atomic E-state index is 11.8. The molecule has 1 aliphatic heterocycles. The molecule has 1 atom stereocenters. The van der Waals surface area contributed by atoms with Gasteiger partial charge in [0.05, 0.1) is 0 Å². The van der Waals surface area contributed by atoms with Gasteiger partial charge < -0.3 is 5.32 Å². The standard InChI is InChI=1S/C17H17NO/c1-12-7-8-15-14(13-5-3-2-4-6-13)9-10-17(19)18-16(15)11-12/h2-8,11,14H,9-10H2,1H3,(H,18,19). The molecular formula is C17H17NO. The monoisotopic (exact) mass is 251 g/mol. The van der Waals surface area contributed by atoms with Crippen LogP contribution in [0.3, 0.4) is 0 Å². The molecule has 1 heterocycles. The van der Waals surface area contributed by atoms with E-state index in [4.69, 9.17) is 0 Å². The fraction of sp³-hybridized carbons (Fsp3) is 0.235. The van der Waals surface area contributed by atoms with Crippen LogP contribution < -0.4 is 5.32 Å². The highest BCUT2D eigenvalue weighted by Gasteiger charge is 2.23. The van der Waals surface area contributed by atoms with E-state index >= 15 is 0 Å². The van der Waals surface area contributed by atoms with Crippen LogP contribution >= 0.6 is 0 Å². The zero-order valence-corrected chi connectivity index (χ0v) is 11.0. The minimum absolute atomic E-state index is 0.116. The van der Waals surface area contributed by atoms with Crippen LogP contribution in [-0.4, -0.2) is 5.91 Å². The van der Waals surface area contributed by atoms with E-state index in [1.807, 2.05) is 6.07 Å². The van der Waals surface area contributed by atoms with Gasteiger partial charge in [-0.15, -0.1) is 0 Å². The molecule has 96 valence electrons. The summed E-state index contributed by atoms with van der Waals surface area (Å²) in [6, 6.07) is 16.8. The smallest absolute Gasteiger partial charge is 0.224 e. The van der Waals surface area contributed by atoms with Gasteiger partial charge in [0.25, 0.3) is 0 Å². The number of rotatable bonds is 1. The topological polar surface area (TPSA) is 29.1 Å². The van der Waals surface area contributed by atoms with Crippen LogP contribution in [0.15, 0.2) is 48.5 Å². The SMILES string of the molecule is Cc1ccc2c(c1)NC(=O)CCC2c1ccccc1. The van der Waals surface area contributed by atoms with Gasteiger partial charge in [0.2, 0.25) is 5.91 Å². The number of hydrogen-bond acceptors (Lipinski definition) is 1. The molecule has 3 rings (SSSR count). The molecule has 0 saturated carbocycles. The summed E-state index contributed by atoms with van der Waals surface area (Å²) in [7, 11) is 0. The van der Waals surface area contributed by atoms with Crippen LogP contribution in [0.1, 0.15) is 35.4 Å². The van der Waals surface area contributed by atoms with Gasteiger partial charge in [0, 0.05) is 18.0 Å². The van der Waals surface area contributed by atoms with Crippen LogP contribution in [0.4, 0.5) is 5.69 Å². The molecule has 1 amide bonds. The molecular weight excluding hydrogens is 234 g/mol. The Hall–Kier alpha value is -2.09. The van der Waals surface area contributed by atoms with Gasteiger partial charge in [-0.1, -0.05) is 42.5 Å². The first-order chi connectivity index (χ1) is 9.24. The molecule has 0 fully saturated rings.